The maximum Gasteiger partial charge on any atom is 0.277 e. The Labute approximate surface area is 159 Å². The quantitative estimate of drug-likeness (QED) is 0.642. The van der Waals surface area contributed by atoms with Gasteiger partial charge in [-0.15, -0.1) is 0 Å². The molecule has 8 nitrogen and oxygen atoms in total. The van der Waals surface area contributed by atoms with Gasteiger partial charge in [0.05, 0.1) is 34.5 Å². The van der Waals surface area contributed by atoms with E-state index < -0.39 is 10.3 Å². The van der Waals surface area contributed by atoms with Gasteiger partial charge in [0, 0.05) is 25.0 Å². The number of nitro groups is 1. The lowest BCUT2D eigenvalue weighted by Crippen LogP contribution is -2.39. The van der Waals surface area contributed by atoms with Gasteiger partial charge in [0.25, 0.3) is 5.69 Å². The SMILES string of the molecule is COCC1Cc2c(C)c([N+](=O)[O-])c(C)c(NC(=O)C(C)(C)C)c2N1C(C)=O. The Bertz CT molecular complexity index is 811. The number of rotatable bonds is 4. The minimum atomic E-state index is -0.690. The molecule has 0 radical (unpaired) electrons. The number of carbonyl (C=O) groups excluding carboxylic acids is 2. The number of nitro benzene ring substituents is 1. The number of nitrogens with one attached hydrogen (secondary N) is 1. The van der Waals surface area contributed by atoms with Gasteiger partial charge >= 0.3 is 0 Å². The van der Waals surface area contributed by atoms with E-state index in [2.05, 4.69) is 5.32 Å². The monoisotopic (exact) mass is 377 g/mol. The predicted molar refractivity (Wildman–Crippen MR) is 103 cm³/mol. The van der Waals surface area contributed by atoms with Crippen molar-refractivity contribution in [3.05, 3.63) is 26.8 Å². The molecule has 0 aliphatic carbocycles. The Morgan fingerprint density at radius 2 is 1.89 bits per heavy atom. The van der Waals surface area contributed by atoms with Crippen molar-refractivity contribution in [1.29, 1.82) is 0 Å². The van der Waals surface area contributed by atoms with Crippen LogP contribution in [0.25, 0.3) is 0 Å². The predicted octanol–water partition coefficient (Wildman–Crippen LogP) is 3.12. The molecule has 1 aromatic carbocycles. The van der Waals surface area contributed by atoms with Gasteiger partial charge in [-0.05, 0) is 25.8 Å². The maximum atomic E-state index is 12.6. The molecule has 0 fully saturated rings. The van der Waals surface area contributed by atoms with Gasteiger partial charge in [-0.25, -0.2) is 0 Å². The molecule has 1 aliphatic heterocycles. The van der Waals surface area contributed by atoms with Crippen LogP contribution in [0.1, 0.15) is 44.4 Å². The summed E-state index contributed by atoms with van der Waals surface area (Å²) in [4.78, 5) is 37.9. The number of hydrogen-bond acceptors (Lipinski definition) is 5. The zero-order valence-electron chi connectivity index (χ0n) is 16.9. The van der Waals surface area contributed by atoms with Crippen molar-refractivity contribution >= 4 is 28.9 Å². The molecule has 1 aromatic rings. The van der Waals surface area contributed by atoms with Gasteiger partial charge in [0.15, 0.2) is 0 Å². The van der Waals surface area contributed by atoms with E-state index in [0.717, 1.165) is 0 Å². The molecule has 0 saturated carbocycles. The third kappa shape index (κ3) is 3.66. The molecule has 1 aliphatic rings. The highest BCUT2D eigenvalue weighted by Gasteiger charge is 2.40. The van der Waals surface area contributed by atoms with Crippen molar-refractivity contribution < 1.29 is 19.2 Å². The number of anilines is 2. The van der Waals surface area contributed by atoms with Crippen molar-refractivity contribution in [3.8, 4) is 0 Å². The molecule has 0 bridgehead atoms. The smallest absolute Gasteiger partial charge is 0.277 e. The summed E-state index contributed by atoms with van der Waals surface area (Å²) >= 11 is 0. The molecule has 1 atom stereocenters. The second kappa shape index (κ2) is 7.26. The van der Waals surface area contributed by atoms with Gasteiger partial charge in [-0.1, -0.05) is 20.8 Å². The van der Waals surface area contributed by atoms with Crippen LogP contribution in [0.3, 0.4) is 0 Å². The van der Waals surface area contributed by atoms with Crippen LogP contribution in [0.5, 0.6) is 0 Å². The number of benzene rings is 1. The number of fused-ring (bicyclic) bond motifs is 1. The first-order chi connectivity index (χ1) is 12.4. The summed E-state index contributed by atoms with van der Waals surface area (Å²) in [6.45, 7) is 10.3. The highest BCUT2D eigenvalue weighted by atomic mass is 16.6. The van der Waals surface area contributed by atoms with E-state index in [9.17, 15) is 19.7 Å². The van der Waals surface area contributed by atoms with Gasteiger partial charge in [0.1, 0.15) is 0 Å². The maximum absolute atomic E-state index is 12.6. The van der Waals surface area contributed by atoms with Crippen LogP contribution < -0.4 is 10.2 Å². The summed E-state index contributed by atoms with van der Waals surface area (Å²) < 4.78 is 5.25. The number of hydrogen-bond donors (Lipinski definition) is 1. The second-order valence-electron chi connectivity index (χ2n) is 7.96. The summed E-state index contributed by atoms with van der Waals surface area (Å²) in [6.07, 6.45) is 0.439. The number of nitrogens with zero attached hydrogens (tertiary/aromatic N) is 2. The zero-order chi connectivity index (χ0) is 20.7. The van der Waals surface area contributed by atoms with E-state index in [-0.39, 0.29) is 23.5 Å². The van der Waals surface area contributed by atoms with Crippen molar-refractivity contribution in [2.45, 2.75) is 54.0 Å². The Balaban J connectivity index is 2.78. The fourth-order valence-corrected chi connectivity index (χ4v) is 3.54. The lowest BCUT2D eigenvalue weighted by molar-refractivity contribution is -0.386. The van der Waals surface area contributed by atoms with Crippen LogP contribution in [0.15, 0.2) is 0 Å². The van der Waals surface area contributed by atoms with E-state index >= 15 is 0 Å². The standard InChI is InChI=1S/C19H27N3O5/c1-10-14-8-13(9-27-7)21(12(3)23)17(14)15(11(2)16(10)22(25)26)20-18(24)19(4,5)6/h13H,8-9H2,1-7H3,(H,20,24). The Morgan fingerprint density at radius 3 is 2.33 bits per heavy atom. The van der Waals surface area contributed by atoms with Crippen LogP contribution in [0.4, 0.5) is 17.1 Å². The van der Waals surface area contributed by atoms with Gasteiger partial charge < -0.3 is 15.0 Å². The average Bonchev–Trinajstić information content (AvgIpc) is 2.90. The summed E-state index contributed by atoms with van der Waals surface area (Å²) in [5.74, 6) is -0.473. The van der Waals surface area contributed by atoms with E-state index in [1.165, 1.54) is 6.92 Å². The molecule has 0 aromatic heterocycles. The molecule has 2 rings (SSSR count). The van der Waals surface area contributed by atoms with Crippen LogP contribution in [-0.2, 0) is 20.7 Å². The fraction of sp³-hybridized carbons (Fsp3) is 0.579. The molecule has 1 heterocycles. The highest BCUT2D eigenvalue weighted by molar-refractivity contribution is 6.06. The second-order valence-corrected chi connectivity index (χ2v) is 7.96. The molecule has 27 heavy (non-hydrogen) atoms. The van der Waals surface area contributed by atoms with E-state index in [0.29, 0.717) is 41.1 Å². The van der Waals surface area contributed by atoms with Crippen molar-refractivity contribution in [2.24, 2.45) is 5.41 Å². The number of amides is 2. The Hall–Kier alpha value is -2.48. The number of ether oxygens (including phenoxy) is 1. The third-order valence-corrected chi connectivity index (χ3v) is 4.91. The van der Waals surface area contributed by atoms with Gasteiger partial charge in [-0.2, -0.15) is 0 Å². The highest BCUT2D eigenvalue weighted by Crippen LogP contribution is 2.47. The fourth-order valence-electron chi connectivity index (χ4n) is 3.54. The summed E-state index contributed by atoms with van der Waals surface area (Å²) in [6, 6.07) is -0.270. The molecule has 0 spiro atoms. The molecular formula is C19H27N3O5. The lowest BCUT2D eigenvalue weighted by atomic mass is 9.93. The van der Waals surface area contributed by atoms with Gasteiger partial charge in [-0.3, -0.25) is 19.7 Å². The first-order valence-electron chi connectivity index (χ1n) is 8.82. The van der Waals surface area contributed by atoms with E-state index in [1.807, 2.05) is 0 Å². The summed E-state index contributed by atoms with van der Waals surface area (Å²) in [7, 11) is 1.55. The molecular weight excluding hydrogens is 350 g/mol. The Kier molecular flexibility index (Phi) is 5.60. The van der Waals surface area contributed by atoms with Crippen LogP contribution >= 0.6 is 0 Å². The normalized spacial score (nSPS) is 16.3. The van der Waals surface area contributed by atoms with Gasteiger partial charge in [0.2, 0.25) is 11.8 Å². The van der Waals surface area contributed by atoms with E-state index in [4.69, 9.17) is 4.74 Å². The van der Waals surface area contributed by atoms with Crippen LogP contribution in [0.2, 0.25) is 0 Å². The topological polar surface area (TPSA) is 102 Å². The third-order valence-electron chi connectivity index (χ3n) is 4.91. The van der Waals surface area contributed by atoms with Crippen molar-refractivity contribution in [1.82, 2.24) is 0 Å². The molecule has 0 saturated heterocycles. The number of methoxy groups -OCH3 is 1. The lowest BCUT2D eigenvalue weighted by Gasteiger charge is -2.27. The molecule has 1 unspecified atom stereocenters. The molecule has 2 amide bonds. The van der Waals surface area contributed by atoms with Crippen LogP contribution in [-0.4, -0.2) is 36.5 Å². The average molecular weight is 377 g/mol. The van der Waals surface area contributed by atoms with Crippen molar-refractivity contribution in [3.63, 3.8) is 0 Å². The summed E-state index contributed by atoms with van der Waals surface area (Å²) in [5, 5.41) is 14.5. The van der Waals surface area contributed by atoms with Crippen molar-refractivity contribution in [2.75, 3.05) is 23.9 Å². The molecule has 8 heteroatoms. The Morgan fingerprint density at radius 1 is 1.30 bits per heavy atom. The number of carbonyl (C=O) groups is 2. The minimum Gasteiger partial charge on any atom is -0.383 e. The molecule has 148 valence electrons. The summed E-state index contributed by atoms with van der Waals surface area (Å²) in [5.41, 5.74) is 1.72. The minimum absolute atomic E-state index is 0.0282. The molecule has 1 N–H and O–H groups in total. The zero-order valence-corrected chi connectivity index (χ0v) is 16.9. The van der Waals surface area contributed by atoms with Crippen LogP contribution in [0, 0.1) is 29.4 Å². The van der Waals surface area contributed by atoms with E-state index in [1.54, 1.807) is 46.6 Å². The largest absolute Gasteiger partial charge is 0.383 e. The first-order valence-corrected chi connectivity index (χ1v) is 8.82. The first kappa shape index (κ1) is 20.8.